The van der Waals surface area contributed by atoms with Gasteiger partial charge in [-0.15, -0.1) is 0 Å². The minimum Gasteiger partial charge on any atom is -0.493 e. The molecule has 5 nitrogen and oxygen atoms in total. The van der Waals surface area contributed by atoms with E-state index in [2.05, 4.69) is 0 Å². The van der Waals surface area contributed by atoms with Crippen LogP contribution in [0.1, 0.15) is 25.8 Å². The summed E-state index contributed by atoms with van der Waals surface area (Å²) in [6, 6.07) is 5.39. The molecule has 1 atom stereocenters. The van der Waals surface area contributed by atoms with Crippen molar-refractivity contribution in [2.45, 2.75) is 32.9 Å². The van der Waals surface area contributed by atoms with Crippen molar-refractivity contribution in [3.05, 3.63) is 23.8 Å². The Morgan fingerprint density at radius 3 is 2.72 bits per heavy atom. The zero-order valence-corrected chi connectivity index (χ0v) is 10.8. The van der Waals surface area contributed by atoms with Crippen LogP contribution in [0.2, 0.25) is 0 Å². The highest BCUT2D eigenvalue weighted by Gasteiger charge is 2.13. The lowest BCUT2D eigenvalue weighted by atomic mass is 10.2. The molecule has 0 aliphatic heterocycles. The molecule has 1 aromatic carbocycles. The van der Waals surface area contributed by atoms with E-state index >= 15 is 0 Å². The molecule has 1 amide bonds. The molecule has 0 heterocycles. The summed E-state index contributed by atoms with van der Waals surface area (Å²) in [4.78, 5) is 11.0. The van der Waals surface area contributed by atoms with Gasteiger partial charge in [0.2, 0.25) is 0 Å². The average Bonchev–Trinajstić information content (AvgIpc) is 2.36. The van der Waals surface area contributed by atoms with Gasteiger partial charge in [-0.2, -0.15) is 0 Å². The van der Waals surface area contributed by atoms with E-state index < -0.39 is 12.0 Å². The monoisotopic (exact) mass is 252 g/mol. The zero-order valence-electron chi connectivity index (χ0n) is 10.8. The number of primary amides is 1. The van der Waals surface area contributed by atoms with Crippen LogP contribution in [0.15, 0.2) is 18.2 Å². The summed E-state index contributed by atoms with van der Waals surface area (Å²) in [5.41, 5.74) is 11.6. The normalized spacial score (nSPS) is 11.9. The van der Waals surface area contributed by atoms with Crippen LogP contribution in [0.5, 0.6) is 11.5 Å². The van der Waals surface area contributed by atoms with E-state index in [4.69, 9.17) is 20.9 Å². The smallest absolute Gasteiger partial charge is 0.258 e. The van der Waals surface area contributed by atoms with E-state index in [1.54, 1.807) is 13.0 Å². The average molecular weight is 252 g/mol. The van der Waals surface area contributed by atoms with E-state index in [1.807, 2.05) is 19.1 Å². The highest BCUT2D eigenvalue weighted by atomic mass is 16.5. The van der Waals surface area contributed by atoms with Gasteiger partial charge in [0, 0.05) is 18.2 Å². The first kappa shape index (κ1) is 14.3. The second-order valence-corrected chi connectivity index (χ2v) is 3.98. The molecular formula is C13H20N2O3. The summed E-state index contributed by atoms with van der Waals surface area (Å²) in [6.07, 6.45) is 0.226. The molecule has 0 aliphatic carbocycles. The van der Waals surface area contributed by atoms with Gasteiger partial charge in [-0.25, -0.2) is 0 Å². The number of hydrogen-bond acceptors (Lipinski definition) is 4. The van der Waals surface area contributed by atoms with Crippen LogP contribution in [-0.4, -0.2) is 18.6 Å². The highest BCUT2D eigenvalue weighted by Crippen LogP contribution is 2.25. The molecule has 1 aromatic rings. The molecule has 1 unspecified atom stereocenters. The molecule has 0 aromatic heterocycles. The van der Waals surface area contributed by atoms with Crippen molar-refractivity contribution in [1.82, 2.24) is 0 Å². The fourth-order valence-electron chi connectivity index (χ4n) is 1.37. The Morgan fingerprint density at radius 1 is 1.44 bits per heavy atom. The Hall–Kier alpha value is -1.75. The van der Waals surface area contributed by atoms with Crippen molar-refractivity contribution < 1.29 is 14.3 Å². The molecule has 0 saturated heterocycles. The number of hydrogen-bond donors (Lipinski definition) is 2. The molecule has 100 valence electrons. The van der Waals surface area contributed by atoms with Crippen molar-refractivity contribution >= 4 is 5.91 Å². The highest BCUT2D eigenvalue weighted by molar-refractivity contribution is 5.78. The van der Waals surface area contributed by atoms with Gasteiger partial charge in [0.1, 0.15) is 11.5 Å². The molecule has 18 heavy (non-hydrogen) atoms. The molecular weight excluding hydrogens is 232 g/mol. The Kier molecular flexibility index (Phi) is 5.45. The van der Waals surface area contributed by atoms with E-state index in [9.17, 15) is 4.79 Å². The third-order valence-corrected chi connectivity index (χ3v) is 2.44. The Balaban J connectivity index is 2.87. The fraction of sp³-hybridized carbons (Fsp3) is 0.462. The Labute approximate surface area is 107 Å². The maximum Gasteiger partial charge on any atom is 0.258 e. The van der Waals surface area contributed by atoms with E-state index in [0.717, 1.165) is 12.0 Å². The lowest BCUT2D eigenvalue weighted by molar-refractivity contribution is -0.124. The quantitative estimate of drug-likeness (QED) is 0.763. The maximum absolute atomic E-state index is 11.0. The molecule has 4 N–H and O–H groups in total. The number of ether oxygens (including phenoxy) is 2. The number of carbonyl (C=O) groups excluding carboxylic acids is 1. The topological polar surface area (TPSA) is 87.6 Å². The lowest BCUT2D eigenvalue weighted by Gasteiger charge is -2.15. The number of benzene rings is 1. The predicted octanol–water partition coefficient (Wildman–Crippen LogP) is 1.19. The first-order chi connectivity index (χ1) is 8.58. The van der Waals surface area contributed by atoms with Gasteiger partial charge >= 0.3 is 0 Å². The third kappa shape index (κ3) is 3.92. The summed E-state index contributed by atoms with van der Waals surface area (Å²) in [6.45, 7) is 4.59. The minimum absolute atomic E-state index is 0.328. The van der Waals surface area contributed by atoms with E-state index in [-0.39, 0.29) is 0 Å². The summed E-state index contributed by atoms with van der Waals surface area (Å²) in [5, 5.41) is 0. The standard InChI is InChI=1S/C13H20N2O3/c1-3-6-17-11-5-4-10(8-14)12(7-11)18-9(2)13(15)16/h4-5,7,9H,3,6,8,14H2,1-2H3,(H2,15,16). The van der Waals surface area contributed by atoms with E-state index in [1.165, 1.54) is 0 Å². The van der Waals surface area contributed by atoms with Gasteiger partial charge < -0.3 is 20.9 Å². The van der Waals surface area contributed by atoms with Gasteiger partial charge in [0.15, 0.2) is 6.10 Å². The predicted molar refractivity (Wildman–Crippen MR) is 69.4 cm³/mol. The van der Waals surface area contributed by atoms with Crippen molar-refractivity contribution in [2.75, 3.05) is 6.61 Å². The third-order valence-electron chi connectivity index (χ3n) is 2.44. The summed E-state index contributed by atoms with van der Waals surface area (Å²) >= 11 is 0. The van der Waals surface area contributed by atoms with Crippen LogP contribution in [-0.2, 0) is 11.3 Å². The molecule has 1 rings (SSSR count). The van der Waals surface area contributed by atoms with Crippen LogP contribution in [0, 0.1) is 0 Å². The number of nitrogens with two attached hydrogens (primary N) is 2. The maximum atomic E-state index is 11.0. The van der Waals surface area contributed by atoms with E-state index in [0.29, 0.717) is 24.7 Å². The van der Waals surface area contributed by atoms with Gasteiger partial charge in [-0.1, -0.05) is 13.0 Å². The van der Waals surface area contributed by atoms with Crippen molar-refractivity contribution in [3.63, 3.8) is 0 Å². The van der Waals surface area contributed by atoms with Crippen LogP contribution >= 0.6 is 0 Å². The SMILES string of the molecule is CCCOc1ccc(CN)c(OC(C)C(N)=O)c1. The molecule has 0 spiro atoms. The molecule has 0 radical (unpaired) electrons. The molecule has 0 bridgehead atoms. The summed E-state index contributed by atoms with van der Waals surface area (Å²) < 4.78 is 11.0. The van der Waals surface area contributed by atoms with Crippen molar-refractivity contribution in [2.24, 2.45) is 11.5 Å². The van der Waals surface area contributed by atoms with Crippen LogP contribution in [0.4, 0.5) is 0 Å². The minimum atomic E-state index is -0.697. The molecule has 0 fully saturated rings. The zero-order chi connectivity index (χ0) is 13.5. The van der Waals surface area contributed by atoms with Crippen molar-refractivity contribution in [1.29, 1.82) is 0 Å². The van der Waals surface area contributed by atoms with Gasteiger partial charge in [-0.3, -0.25) is 4.79 Å². The largest absolute Gasteiger partial charge is 0.493 e. The van der Waals surface area contributed by atoms with Crippen LogP contribution in [0.25, 0.3) is 0 Å². The number of amides is 1. The number of carbonyl (C=O) groups is 1. The Bertz CT molecular complexity index is 407. The first-order valence-corrected chi connectivity index (χ1v) is 6.00. The summed E-state index contributed by atoms with van der Waals surface area (Å²) in [7, 11) is 0. The molecule has 5 heteroatoms. The second-order valence-electron chi connectivity index (χ2n) is 3.98. The number of rotatable bonds is 7. The summed E-state index contributed by atoms with van der Waals surface area (Å²) in [5.74, 6) is 0.718. The fourth-order valence-corrected chi connectivity index (χ4v) is 1.37. The van der Waals surface area contributed by atoms with Gasteiger partial charge in [0.05, 0.1) is 6.61 Å². The van der Waals surface area contributed by atoms with Crippen LogP contribution < -0.4 is 20.9 Å². The van der Waals surface area contributed by atoms with Gasteiger partial charge in [0.25, 0.3) is 5.91 Å². The van der Waals surface area contributed by atoms with Crippen LogP contribution in [0.3, 0.4) is 0 Å². The first-order valence-electron chi connectivity index (χ1n) is 6.00. The van der Waals surface area contributed by atoms with Gasteiger partial charge in [-0.05, 0) is 19.4 Å². The lowest BCUT2D eigenvalue weighted by Crippen LogP contribution is -2.31. The second kappa shape index (κ2) is 6.86. The van der Waals surface area contributed by atoms with Crippen molar-refractivity contribution in [3.8, 4) is 11.5 Å². The molecule has 0 saturated carbocycles. The molecule has 0 aliphatic rings. The Morgan fingerprint density at radius 2 is 2.17 bits per heavy atom.